The van der Waals surface area contributed by atoms with Gasteiger partial charge in [0, 0.05) is 18.3 Å². The molecular weight excluding hydrogens is 405 g/mol. The van der Waals surface area contributed by atoms with Crippen LogP contribution in [0.5, 0.6) is 0 Å². The van der Waals surface area contributed by atoms with Crippen LogP contribution in [0.3, 0.4) is 0 Å². The summed E-state index contributed by atoms with van der Waals surface area (Å²) in [6, 6.07) is 0.305. The smallest absolute Gasteiger partial charge is 0.191 e. The topological polar surface area (TPSA) is 90.8 Å². The largest absolute Gasteiger partial charge is 0.393 e. The average molecular weight is 433 g/mol. The molecule has 0 aliphatic heterocycles. The van der Waals surface area contributed by atoms with E-state index in [1.54, 1.807) is 6.92 Å². The third-order valence-corrected chi connectivity index (χ3v) is 5.18. The van der Waals surface area contributed by atoms with Gasteiger partial charge in [0.05, 0.1) is 18.4 Å². The molecule has 0 saturated heterocycles. The molecule has 6 nitrogen and oxygen atoms in total. The fourth-order valence-electron chi connectivity index (χ4n) is 2.17. The third kappa shape index (κ3) is 8.82. The Kier molecular flexibility index (Phi) is 10.6. The van der Waals surface area contributed by atoms with Crippen molar-refractivity contribution in [3.05, 3.63) is 0 Å². The molecule has 0 atom stereocenters. The first-order valence-corrected chi connectivity index (χ1v) is 9.22. The van der Waals surface area contributed by atoms with E-state index in [4.69, 9.17) is 0 Å². The van der Waals surface area contributed by atoms with Crippen LogP contribution in [0.25, 0.3) is 0 Å². The highest BCUT2D eigenvalue weighted by molar-refractivity contribution is 14.0. The zero-order chi connectivity index (χ0) is 15.0. The van der Waals surface area contributed by atoms with Crippen molar-refractivity contribution < 1.29 is 13.5 Å². The number of hydrogen-bond donors (Lipinski definition) is 3. The highest BCUT2D eigenvalue weighted by Crippen LogP contribution is 2.18. The quantitative estimate of drug-likeness (QED) is 0.329. The molecular formula is C13H28IN3O3S. The first kappa shape index (κ1) is 20.9. The fraction of sp³-hybridized carbons (Fsp3) is 0.923. The molecule has 0 unspecified atom stereocenters. The van der Waals surface area contributed by atoms with E-state index in [0.717, 1.165) is 32.2 Å². The standard InChI is InChI=1S/C13H27N3O3S.HI/c1-3-14-13(15-9-10-20(18,19)4-2)16-11-5-7-12(17)8-6-11;/h11-12,17H,3-10H2,1-2H3,(H2,14,15,16);1H. The molecule has 0 aromatic heterocycles. The molecule has 0 radical (unpaired) electrons. The molecule has 0 amide bonds. The minimum Gasteiger partial charge on any atom is -0.393 e. The molecule has 1 aliphatic rings. The molecule has 1 fully saturated rings. The van der Waals surface area contributed by atoms with Gasteiger partial charge >= 0.3 is 0 Å². The molecule has 1 saturated carbocycles. The second-order valence-electron chi connectivity index (χ2n) is 5.15. The Labute approximate surface area is 145 Å². The number of nitrogens with one attached hydrogen (secondary N) is 2. The summed E-state index contributed by atoms with van der Waals surface area (Å²) >= 11 is 0. The highest BCUT2D eigenvalue weighted by atomic mass is 127. The lowest BCUT2D eigenvalue weighted by molar-refractivity contribution is 0.120. The van der Waals surface area contributed by atoms with Crippen molar-refractivity contribution >= 4 is 39.8 Å². The summed E-state index contributed by atoms with van der Waals surface area (Å²) in [4.78, 5) is 4.31. The van der Waals surface area contributed by atoms with Crippen LogP contribution in [0.4, 0.5) is 0 Å². The molecule has 0 heterocycles. The van der Waals surface area contributed by atoms with E-state index in [2.05, 4.69) is 15.6 Å². The lowest BCUT2D eigenvalue weighted by Crippen LogP contribution is -2.45. The number of hydrogen-bond acceptors (Lipinski definition) is 4. The van der Waals surface area contributed by atoms with Crippen molar-refractivity contribution in [1.29, 1.82) is 0 Å². The van der Waals surface area contributed by atoms with Gasteiger partial charge in [-0.25, -0.2) is 8.42 Å². The summed E-state index contributed by atoms with van der Waals surface area (Å²) in [6.07, 6.45) is 3.27. The number of aliphatic hydroxyl groups excluding tert-OH is 1. The molecule has 21 heavy (non-hydrogen) atoms. The molecule has 3 N–H and O–H groups in total. The van der Waals surface area contributed by atoms with E-state index in [-0.39, 0.29) is 48.1 Å². The van der Waals surface area contributed by atoms with Crippen molar-refractivity contribution in [1.82, 2.24) is 10.6 Å². The third-order valence-electron chi connectivity index (χ3n) is 3.49. The number of rotatable bonds is 6. The first-order valence-electron chi connectivity index (χ1n) is 7.40. The minimum atomic E-state index is -2.97. The minimum absolute atomic E-state index is 0. The molecule has 1 rings (SSSR count). The van der Waals surface area contributed by atoms with E-state index in [1.807, 2.05) is 6.92 Å². The number of aliphatic hydroxyl groups is 1. The van der Waals surface area contributed by atoms with Gasteiger partial charge in [-0.05, 0) is 32.6 Å². The summed E-state index contributed by atoms with van der Waals surface area (Å²) in [5.74, 6) is 0.913. The second-order valence-corrected chi connectivity index (χ2v) is 7.62. The summed E-state index contributed by atoms with van der Waals surface area (Å²) in [6.45, 7) is 4.64. The van der Waals surface area contributed by atoms with Crippen LogP contribution in [0, 0.1) is 0 Å². The Balaban J connectivity index is 0.00000400. The van der Waals surface area contributed by atoms with Gasteiger partial charge in [0.25, 0.3) is 0 Å². The maximum Gasteiger partial charge on any atom is 0.191 e. The second kappa shape index (κ2) is 10.6. The number of halogens is 1. The Morgan fingerprint density at radius 3 is 2.38 bits per heavy atom. The number of aliphatic imine (C=N–C) groups is 1. The van der Waals surface area contributed by atoms with Crippen LogP contribution in [-0.2, 0) is 9.84 Å². The number of sulfone groups is 1. The SMILES string of the molecule is CCNC(=NCCS(=O)(=O)CC)NC1CCC(O)CC1.I. The van der Waals surface area contributed by atoms with E-state index < -0.39 is 9.84 Å². The van der Waals surface area contributed by atoms with Crippen LogP contribution in [0.1, 0.15) is 39.5 Å². The summed E-state index contributed by atoms with van der Waals surface area (Å²) in [5, 5.41) is 15.9. The Morgan fingerprint density at radius 2 is 1.86 bits per heavy atom. The molecule has 8 heteroatoms. The molecule has 1 aliphatic carbocycles. The molecule has 126 valence electrons. The number of guanidine groups is 1. The van der Waals surface area contributed by atoms with Crippen molar-refractivity contribution in [2.45, 2.75) is 51.7 Å². The molecule has 0 bridgehead atoms. The van der Waals surface area contributed by atoms with Gasteiger partial charge in [-0.3, -0.25) is 4.99 Å². The Hall–Kier alpha value is -0.0900. The van der Waals surface area contributed by atoms with Gasteiger partial charge in [0.15, 0.2) is 15.8 Å². The first-order chi connectivity index (χ1) is 9.46. The highest BCUT2D eigenvalue weighted by Gasteiger charge is 2.20. The van der Waals surface area contributed by atoms with Gasteiger partial charge in [-0.2, -0.15) is 0 Å². The maximum atomic E-state index is 11.4. The summed E-state index contributed by atoms with van der Waals surface area (Å²) in [5.41, 5.74) is 0. The van der Waals surface area contributed by atoms with Gasteiger partial charge < -0.3 is 15.7 Å². The van der Waals surface area contributed by atoms with Gasteiger partial charge in [-0.15, -0.1) is 24.0 Å². The molecule has 0 aromatic rings. The fourth-order valence-corrected chi connectivity index (χ4v) is 2.83. The molecule has 0 aromatic carbocycles. The predicted octanol–water partition coefficient (Wildman–Crippen LogP) is 0.898. The summed E-state index contributed by atoms with van der Waals surface area (Å²) < 4.78 is 22.9. The van der Waals surface area contributed by atoms with Crippen LogP contribution in [0.15, 0.2) is 4.99 Å². The van der Waals surface area contributed by atoms with Crippen molar-refractivity contribution in [3.63, 3.8) is 0 Å². The average Bonchev–Trinajstić information content (AvgIpc) is 2.41. The number of nitrogens with zero attached hydrogens (tertiary/aromatic N) is 1. The van der Waals surface area contributed by atoms with Crippen molar-refractivity contribution in [3.8, 4) is 0 Å². The van der Waals surface area contributed by atoms with Crippen LogP contribution in [-0.4, -0.2) is 56.2 Å². The van der Waals surface area contributed by atoms with Crippen molar-refractivity contribution in [2.24, 2.45) is 4.99 Å². The maximum absolute atomic E-state index is 11.4. The monoisotopic (exact) mass is 433 g/mol. The Morgan fingerprint density at radius 1 is 1.24 bits per heavy atom. The lowest BCUT2D eigenvalue weighted by Gasteiger charge is -2.27. The van der Waals surface area contributed by atoms with E-state index in [0.29, 0.717) is 12.0 Å². The van der Waals surface area contributed by atoms with Crippen LogP contribution < -0.4 is 10.6 Å². The van der Waals surface area contributed by atoms with Gasteiger partial charge in [-0.1, -0.05) is 6.92 Å². The molecule has 0 spiro atoms. The summed E-state index contributed by atoms with van der Waals surface area (Å²) in [7, 11) is -2.97. The predicted molar refractivity (Wildman–Crippen MR) is 97.1 cm³/mol. The lowest BCUT2D eigenvalue weighted by atomic mass is 9.93. The van der Waals surface area contributed by atoms with E-state index >= 15 is 0 Å². The van der Waals surface area contributed by atoms with Crippen LogP contribution in [0.2, 0.25) is 0 Å². The van der Waals surface area contributed by atoms with Crippen LogP contribution >= 0.6 is 24.0 Å². The zero-order valence-electron chi connectivity index (χ0n) is 12.8. The Bertz CT molecular complexity index is 407. The van der Waals surface area contributed by atoms with E-state index in [1.165, 1.54) is 0 Å². The van der Waals surface area contributed by atoms with Gasteiger partial charge in [0.1, 0.15) is 0 Å². The zero-order valence-corrected chi connectivity index (χ0v) is 16.0. The van der Waals surface area contributed by atoms with Gasteiger partial charge in [0.2, 0.25) is 0 Å². The van der Waals surface area contributed by atoms with Crippen molar-refractivity contribution in [2.75, 3.05) is 24.6 Å². The van der Waals surface area contributed by atoms with E-state index in [9.17, 15) is 13.5 Å². The normalized spacial score (nSPS) is 23.3.